The fraction of sp³-hybridized carbons (Fsp3) is 0.406. The Kier molecular flexibility index (Phi) is 10.1. The van der Waals surface area contributed by atoms with Crippen LogP contribution in [0.3, 0.4) is 0 Å². The van der Waals surface area contributed by atoms with Gasteiger partial charge in [-0.3, -0.25) is 14.5 Å². The molecule has 10 nitrogen and oxygen atoms in total. The first kappa shape index (κ1) is 31.8. The molecule has 3 heterocycles. The van der Waals surface area contributed by atoms with Gasteiger partial charge in [0.15, 0.2) is 0 Å². The number of esters is 2. The van der Waals surface area contributed by atoms with Gasteiger partial charge in [0.05, 0.1) is 29.6 Å². The second-order valence-electron chi connectivity index (χ2n) is 10.8. The standard InChI is InChI=1S/C32H37N3O7S2/c1-3-41-31(37)24-11-8-17-35(20-24)44(39,40)25-14-12-23(13-15-25)29(36)33-30-28(32(38)42-4-2)26-16-18-34(21-27(26)43-30)19-22-9-6-5-7-10-22/h5-7,9-10,12-15,24H,3-4,8,11,16-21H2,1-2H3,(H,33,36). The number of thiophene rings is 1. The molecule has 1 atom stereocenters. The van der Waals surface area contributed by atoms with Crippen molar-refractivity contribution in [2.24, 2.45) is 5.92 Å². The summed E-state index contributed by atoms with van der Waals surface area (Å²) in [7, 11) is -3.87. The first-order valence-corrected chi connectivity index (χ1v) is 17.1. The monoisotopic (exact) mass is 639 g/mol. The molecule has 3 aromatic rings. The Morgan fingerprint density at radius 1 is 0.977 bits per heavy atom. The van der Waals surface area contributed by atoms with Crippen LogP contribution in [0.4, 0.5) is 5.00 Å². The maximum atomic E-state index is 13.3. The number of anilines is 1. The molecular weight excluding hydrogens is 603 g/mol. The fourth-order valence-electron chi connectivity index (χ4n) is 5.66. The third-order valence-electron chi connectivity index (χ3n) is 7.85. The lowest BCUT2D eigenvalue weighted by Gasteiger charge is -2.30. The molecule has 0 bridgehead atoms. The number of hydrogen-bond acceptors (Lipinski definition) is 9. The third kappa shape index (κ3) is 7.04. The predicted molar refractivity (Wildman–Crippen MR) is 167 cm³/mol. The zero-order valence-electron chi connectivity index (χ0n) is 24.9. The fourth-order valence-corrected chi connectivity index (χ4v) is 8.45. The highest BCUT2D eigenvalue weighted by atomic mass is 32.2. The third-order valence-corrected chi connectivity index (χ3v) is 10.9. The minimum Gasteiger partial charge on any atom is -0.466 e. The summed E-state index contributed by atoms with van der Waals surface area (Å²) in [6, 6.07) is 15.9. The first-order chi connectivity index (χ1) is 21.2. The summed E-state index contributed by atoms with van der Waals surface area (Å²) in [5.41, 5.74) is 2.74. The second-order valence-corrected chi connectivity index (χ2v) is 13.9. The normalized spacial score (nSPS) is 17.5. The minimum absolute atomic E-state index is 0.0378. The van der Waals surface area contributed by atoms with E-state index >= 15 is 0 Å². The Hall–Kier alpha value is -3.58. The van der Waals surface area contributed by atoms with Crippen LogP contribution in [-0.2, 0) is 43.8 Å². The van der Waals surface area contributed by atoms with Crippen LogP contribution >= 0.6 is 11.3 Å². The summed E-state index contributed by atoms with van der Waals surface area (Å²) in [6.07, 6.45) is 1.79. The molecule has 1 unspecified atom stereocenters. The lowest BCUT2D eigenvalue weighted by atomic mass is 10.0. The van der Waals surface area contributed by atoms with Gasteiger partial charge >= 0.3 is 11.9 Å². The molecule has 2 aliphatic heterocycles. The molecule has 1 aromatic heterocycles. The van der Waals surface area contributed by atoms with E-state index in [1.807, 2.05) is 18.2 Å². The van der Waals surface area contributed by atoms with Crippen molar-refractivity contribution in [3.63, 3.8) is 0 Å². The number of amides is 1. The molecule has 2 aromatic carbocycles. The topological polar surface area (TPSA) is 122 Å². The lowest BCUT2D eigenvalue weighted by Crippen LogP contribution is -2.42. The number of nitrogens with zero attached hydrogens (tertiary/aromatic N) is 2. The smallest absolute Gasteiger partial charge is 0.341 e. The van der Waals surface area contributed by atoms with E-state index in [0.29, 0.717) is 42.9 Å². The number of fused-ring (bicyclic) bond motifs is 1. The van der Waals surface area contributed by atoms with Crippen molar-refractivity contribution in [1.29, 1.82) is 0 Å². The maximum Gasteiger partial charge on any atom is 0.341 e. The number of rotatable bonds is 10. The Morgan fingerprint density at radius 3 is 2.41 bits per heavy atom. The number of ether oxygens (including phenoxy) is 2. The van der Waals surface area contributed by atoms with E-state index in [2.05, 4.69) is 22.3 Å². The number of piperidine rings is 1. The highest BCUT2D eigenvalue weighted by molar-refractivity contribution is 7.89. The molecule has 1 amide bonds. The average molecular weight is 640 g/mol. The Labute approximate surface area is 262 Å². The second kappa shape index (κ2) is 14.0. The summed E-state index contributed by atoms with van der Waals surface area (Å²) in [5.74, 6) is -1.82. The summed E-state index contributed by atoms with van der Waals surface area (Å²) in [6.45, 7) is 6.49. The van der Waals surface area contributed by atoms with Crippen LogP contribution in [0.5, 0.6) is 0 Å². The molecule has 12 heteroatoms. The Bertz CT molecular complexity index is 1600. The van der Waals surface area contributed by atoms with Gasteiger partial charge in [-0.1, -0.05) is 30.3 Å². The number of carbonyl (C=O) groups excluding carboxylic acids is 3. The summed E-state index contributed by atoms with van der Waals surface area (Å²) in [4.78, 5) is 41.9. The van der Waals surface area contributed by atoms with Crippen LogP contribution in [-0.4, -0.2) is 68.3 Å². The van der Waals surface area contributed by atoms with Crippen molar-refractivity contribution in [3.8, 4) is 0 Å². The highest BCUT2D eigenvalue weighted by Crippen LogP contribution is 2.38. The molecule has 0 radical (unpaired) electrons. The van der Waals surface area contributed by atoms with Crippen LogP contribution in [0.15, 0.2) is 59.5 Å². The zero-order valence-corrected chi connectivity index (χ0v) is 26.5. The highest BCUT2D eigenvalue weighted by Gasteiger charge is 2.34. The van der Waals surface area contributed by atoms with Gasteiger partial charge in [-0.05, 0) is 68.5 Å². The minimum atomic E-state index is -3.87. The molecule has 1 saturated heterocycles. The van der Waals surface area contributed by atoms with Crippen molar-refractivity contribution < 1.29 is 32.3 Å². The van der Waals surface area contributed by atoms with Crippen LogP contribution in [0, 0.1) is 5.92 Å². The molecule has 2 aliphatic rings. The SMILES string of the molecule is CCOC(=O)c1c(NC(=O)c2ccc(S(=O)(=O)N3CCCC(C(=O)OCC)C3)cc2)sc2c1CCN(Cc1ccccc1)C2. The molecule has 1 N–H and O–H groups in total. The number of carbonyl (C=O) groups is 3. The van der Waals surface area contributed by atoms with Crippen molar-refractivity contribution in [2.45, 2.75) is 51.1 Å². The number of benzene rings is 2. The molecule has 234 valence electrons. The summed E-state index contributed by atoms with van der Waals surface area (Å²) in [5, 5.41) is 3.31. The molecular formula is C32H37N3O7S2. The lowest BCUT2D eigenvalue weighted by molar-refractivity contribution is -0.149. The summed E-state index contributed by atoms with van der Waals surface area (Å²) < 4.78 is 38.4. The van der Waals surface area contributed by atoms with Gasteiger partial charge in [0.1, 0.15) is 5.00 Å². The molecule has 1 fully saturated rings. The molecule has 5 rings (SSSR count). The van der Waals surface area contributed by atoms with Crippen molar-refractivity contribution >= 4 is 44.2 Å². The van der Waals surface area contributed by atoms with E-state index in [9.17, 15) is 22.8 Å². The van der Waals surface area contributed by atoms with Crippen molar-refractivity contribution in [3.05, 3.63) is 81.7 Å². The van der Waals surface area contributed by atoms with Gasteiger partial charge in [0, 0.05) is 43.2 Å². The van der Waals surface area contributed by atoms with Crippen LogP contribution < -0.4 is 5.32 Å². The van der Waals surface area contributed by atoms with Gasteiger partial charge in [-0.2, -0.15) is 4.31 Å². The van der Waals surface area contributed by atoms with Crippen LogP contribution in [0.2, 0.25) is 0 Å². The predicted octanol–water partition coefficient (Wildman–Crippen LogP) is 4.70. The zero-order chi connectivity index (χ0) is 31.3. The maximum absolute atomic E-state index is 13.3. The first-order valence-electron chi connectivity index (χ1n) is 14.9. The number of sulfonamides is 1. The molecule has 0 aliphatic carbocycles. The van der Waals surface area contributed by atoms with Gasteiger partial charge < -0.3 is 14.8 Å². The Morgan fingerprint density at radius 2 is 1.70 bits per heavy atom. The van der Waals surface area contributed by atoms with Gasteiger partial charge in [-0.25, -0.2) is 13.2 Å². The van der Waals surface area contributed by atoms with E-state index < -0.39 is 27.8 Å². The van der Waals surface area contributed by atoms with Crippen LogP contribution in [0.25, 0.3) is 0 Å². The largest absolute Gasteiger partial charge is 0.466 e. The molecule has 0 saturated carbocycles. The van der Waals surface area contributed by atoms with Gasteiger partial charge in [-0.15, -0.1) is 11.3 Å². The molecule has 44 heavy (non-hydrogen) atoms. The quantitative estimate of drug-likeness (QED) is 0.317. The van der Waals surface area contributed by atoms with E-state index in [0.717, 1.165) is 23.5 Å². The van der Waals surface area contributed by atoms with E-state index in [1.54, 1.807) is 13.8 Å². The molecule has 0 spiro atoms. The van der Waals surface area contributed by atoms with E-state index in [-0.39, 0.29) is 36.2 Å². The van der Waals surface area contributed by atoms with Crippen molar-refractivity contribution in [1.82, 2.24) is 9.21 Å². The van der Waals surface area contributed by atoms with Crippen LogP contribution in [0.1, 0.15) is 63.4 Å². The van der Waals surface area contributed by atoms with Gasteiger partial charge in [0.2, 0.25) is 10.0 Å². The van der Waals surface area contributed by atoms with Crippen molar-refractivity contribution in [2.75, 3.05) is 38.2 Å². The number of hydrogen-bond donors (Lipinski definition) is 1. The number of nitrogens with one attached hydrogen (secondary N) is 1. The van der Waals surface area contributed by atoms with E-state index in [4.69, 9.17) is 9.47 Å². The van der Waals surface area contributed by atoms with Gasteiger partial charge in [0.25, 0.3) is 5.91 Å². The summed E-state index contributed by atoms with van der Waals surface area (Å²) >= 11 is 1.37. The Balaban J connectivity index is 1.31. The average Bonchev–Trinajstić information content (AvgIpc) is 3.39. The van der Waals surface area contributed by atoms with E-state index in [1.165, 1.54) is 45.5 Å².